The fraction of sp³-hybridized carbons (Fsp3) is 0.522. The number of hydrogen-bond donors (Lipinski definition) is 4. The van der Waals surface area contributed by atoms with Crippen LogP contribution in [0.25, 0.3) is 0 Å². The van der Waals surface area contributed by atoms with Crippen LogP contribution >= 0.6 is 0 Å². The fourth-order valence-corrected chi connectivity index (χ4v) is 3.59. The van der Waals surface area contributed by atoms with Crippen LogP contribution in [-0.2, 0) is 9.47 Å². The van der Waals surface area contributed by atoms with Crippen LogP contribution in [0.15, 0.2) is 41.7 Å². The first-order valence-electron chi connectivity index (χ1n) is 10.2. The van der Waals surface area contributed by atoms with E-state index in [4.69, 9.17) is 19.9 Å². The predicted octanol–water partition coefficient (Wildman–Crippen LogP) is 2.17. The molecular weight excluding hydrogens is 402 g/mol. The molecule has 8 nitrogen and oxygen atoms in total. The van der Waals surface area contributed by atoms with Gasteiger partial charge in [0.05, 0.1) is 31.0 Å². The summed E-state index contributed by atoms with van der Waals surface area (Å²) >= 11 is 0. The monoisotopic (exact) mass is 435 g/mol. The van der Waals surface area contributed by atoms with Gasteiger partial charge in [-0.2, -0.15) is 0 Å². The van der Waals surface area contributed by atoms with Crippen molar-refractivity contribution in [1.29, 1.82) is 0 Å². The van der Waals surface area contributed by atoms with Gasteiger partial charge in [-0.1, -0.05) is 18.7 Å². The predicted molar refractivity (Wildman–Crippen MR) is 116 cm³/mol. The Morgan fingerprint density at radius 1 is 1.42 bits per heavy atom. The summed E-state index contributed by atoms with van der Waals surface area (Å²) in [5.41, 5.74) is 7.22. The number of benzene rings is 1. The normalized spacial score (nSPS) is 25.5. The third-order valence-electron chi connectivity index (χ3n) is 5.53. The molecule has 1 heterocycles. The van der Waals surface area contributed by atoms with Crippen LogP contribution in [0, 0.1) is 6.92 Å². The number of ether oxygens (including phenoxy) is 3. The SMILES string of the molecule is C=C(/C(O)=C(\C)C(=O)c1c(C)cccc1OC)[C@H](CCO)OC1C[C@H](N)[C@H](O)[C@H](C)O1. The summed E-state index contributed by atoms with van der Waals surface area (Å²) in [7, 11) is 1.47. The number of rotatable bonds is 9. The Kier molecular flexibility index (Phi) is 8.79. The Balaban J connectivity index is 2.26. The number of aryl methyl sites for hydroxylation is 1. The van der Waals surface area contributed by atoms with E-state index in [1.165, 1.54) is 14.0 Å². The van der Waals surface area contributed by atoms with E-state index >= 15 is 0 Å². The third kappa shape index (κ3) is 5.72. The first-order chi connectivity index (χ1) is 14.6. The molecular formula is C23H33NO7. The van der Waals surface area contributed by atoms with Crippen molar-refractivity contribution in [3.05, 3.63) is 52.8 Å². The molecule has 0 aliphatic carbocycles. The molecule has 5 N–H and O–H groups in total. The molecule has 0 bridgehead atoms. The Hall–Kier alpha value is -2.23. The number of aliphatic hydroxyl groups is 3. The van der Waals surface area contributed by atoms with Crippen molar-refractivity contribution in [1.82, 2.24) is 0 Å². The van der Waals surface area contributed by atoms with Crippen LogP contribution in [0.2, 0.25) is 0 Å². The van der Waals surface area contributed by atoms with Gasteiger partial charge in [0.15, 0.2) is 12.1 Å². The van der Waals surface area contributed by atoms with Gasteiger partial charge >= 0.3 is 0 Å². The van der Waals surface area contributed by atoms with Gasteiger partial charge in [0.2, 0.25) is 0 Å². The fourth-order valence-electron chi connectivity index (χ4n) is 3.59. The topological polar surface area (TPSA) is 131 Å². The minimum atomic E-state index is -0.814. The maximum absolute atomic E-state index is 13.1. The van der Waals surface area contributed by atoms with Crippen molar-refractivity contribution < 1.29 is 34.3 Å². The van der Waals surface area contributed by atoms with Gasteiger partial charge in [0.1, 0.15) is 11.5 Å². The van der Waals surface area contributed by atoms with E-state index in [9.17, 15) is 20.1 Å². The quantitative estimate of drug-likeness (QED) is 0.201. The molecule has 0 aromatic heterocycles. The van der Waals surface area contributed by atoms with Crippen molar-refractivity contribution in [3.8, 4) is 5.75 Å². The molecule has 172 valence electrons. The highest BCUT2D eigenvalue weighted by atomic mass is 16.7. The molecule has 0 radical (unpaired) electrons. The van der Waals surface area contributed by atoms with Crippen molar-refractivity contribution in [2.75, 3.05) is 13.7 Å². The average molecular weight is 436 g/mol. The van der Waals surface area contributed by atoms with Crippen molar-refractivity contribution >= 4 is 5.78 Å². The number of methoxy groups -OCH3 is 1. The summed E-state index contributed by atoms with van der Waals surface area (Å²) in [5.74, 6) is -0.311. The zero-order valence-electron chi connectivity index (χ0n) is 18.5. The maximum atomic E-state index is 13.1. The van der Waals surface area contributed by atoms with Gasteiger partial charge < -0.3 is 35.3 Å². The van der Waals surface area contributed by atoms with Gasteiger partial charge in [-0.05, 0) is 32.4 Å². The third-order valence-corrected chi connectivity index (χ3v) is 5.53. The Morgan fingerprint density at radius 2 is 2.10 bits per heavy atom. The first kappa shape index (κ1) is 25.0. The van der Waals surface area contributed by atoms with Crippen molar-refractivity contribution in [2.24, 2.45) is 5.73 Å². The number of ketones is 1. The van der Waals surface area contributed by atoms with Crippen molar-refractivity contribution in [2.45, 2.75) is 64.3 Å². The minimum Gasteiger partial charge on any atom is -0.507 e. The van der Waals surface area contributed by atoms with E-state index in [1.807, 2.05) is 0 Å². The second-order valence-corrected chi connectivity index (χ2v) is 7.78. The largest absolute Gasteiger partial charge is 0.507 e. The van der Waals surface area contributed by atoms with E-state index in [0.29, 0.717) is 16.9 Å². The van der Waals surface area contributed by atoms with Gasteiger partial charge in [-0.25, -0.2) is 0 Å². The first-order valence-corrected chi connectivity index (χ1v) is 10.2. The molecule has 5 atom stereocenters. The second-order valence-electron chi connectivity index (χ2n) is 7.78. The van der Waals surface area contributed by atoms with E-state index in [-0.39, 0.29) is 36.4 Å². The van der Waals surface area contributed by atoms with E-state index < -0.39 is 36.4 Å². The molecule has 2 rings (SSSR count). The molecule has 0 saturated carbocycles. The van der Waals surface area contributed by atoms with Crippen LogP contribution < -0.4 is 10.5 Å². The summed E-state index contributed by atoms with van der Waals surface area (Å²) in [6, 6.07) is 4.71. The number of aliphatic hydroxyl groups excluding tert-OH is 3. The molecule has 31 heavy (non-hydrogen) atoms. The highest BCUT2D eigenvalue weighted by Gasteiger charge is 2.35. The molecule has 1 saturated heterocycles. The smallest absolute Gasteiger partial charge is 0.196 e. The lowest BCUT2D eigenvalue weighted by Gasteiger charge is -2.37. The van der Waals surface area contributed by atoms with Crippen LogP contribution in [0.4, 0.5) is 0 Å². The summed E-state index contributed by atoms with van der Waals surface area (Å²) in [6.07, 6.45) is -2.53. The summed E-state index contributed by atoms with van der Waals surface area (Å²) in [6.45, 7) is 8.63. The Bertz CT molecular complexity index is 823. The Labute approximate surface area is 182 Å². The molecule has 0 amide bonds. The van der Waals surface area contributed by atoms with Gasteiger partial charge in [0, 0.05) is 36.6 Å². The molecule has 1 aliphatic heterocycles. The summed E-state index contributed by atoms with van der Waals surface area (Å²) < 4.78 is 16.8. The second kappa shape index (κ2) is 10.9. The minimum absolute atomic E-state index is 0.0780. The number of Topliss-reactive ketones (excluding diaryl/α,β-unsaturated/α-hetero) is 1. The highest BCUT2D eigenvalue weighted by molar-refractivity contribution is 6.11. The maximum Gasteiger partial charge on any atom is 0.196 e. The molecule has 1 unspecified atom stereocenters. The molecule has 8 heteroatoms. The van der Waals surface area contributed by atoms with Gasteiger partial charge in [-0.15, -0.1) is 0 Å². The standard InChI is InChI=1S/C23H33NO7/c1-12-7-6-8-18(29-5)20(12)22(27)14(3)21(26)13(2)17(9-10-25)31-19-11-16(24)23(28)15(4)30-19/h6-8,15-17,19,23,25-26,28H,2,9-11,24H2,1,3-5H3/b21-14-/t15-,16-,17-,19?,23+/m0/s1. The zero-order valence-corrected chi connectivity index (χ0v) is 18.5. The summed E-state index contributed by atoms with van der Waals surface area (Å²) in [5, 5.41) is 30.2. The zero-order chi connectivity index (χ0) is 23.3. The van der Waals surface area contributed by atoms with Crippen LogP contribution in [0.5, 0.6) is 5.75 Å². The van der Waals surface area contributed by atoms with Crippen molar-refractivity contribution in [3.63, 3.8) is 0 Å². The van der Waals surface area contributed by atoms with E-state index in [0.717, 1.165) is 0 Å². The van der Waals surface area contributed by atoms with E-state index in [1.54, 1.807) is 32.0 Å². The molecule has 0 spiro atoms. The number of carbonyl (C=O) groups is 1. The highest BCUT2D eigenvalue weighted by Crippen LogP contribution is 2.29. The summed E-state index contributed by atoms with van der Waals surface area (Å²) in [4.78, 5) is 13.1. The van der Waals surface area contributed by atoms with Gasteiger partial charge in [-0.3, -0.25) is 4.79 Å². The van der Waals surface area contributed by atoms with Crippen LogP contribution in [-0.4, -0.2) is 65.5 Å². The lowest BCUT2D eigenvalue weighted by molar-refractivity contribution is -0.235. The van der Waals surface area contributed by atoms with E-state index in [2.05, 4.69) is 6.58 Å². The van der Waals surface area contributed by atoms with Crippen LogP contribution in [0.1, 0.15) is 42.6 Å². The number of carbonyl (C=O) groups excluding carboxylic acids is 1. The molecule has 1 aliphatic rings. The Morgan fingerprint density at radius 3 is 2.68 bits per heavy atom. The molecule has 1 aromatic rings. The van der Waals surface area contributed by atoms with Gasteiger partial charge in [0.25, 0.3) is 0 Å². The lowest BCUT2D eigenvalue weighted by atomic mass is 9.95. The number of hydrogen-bond acceptors (Lipinski definition) is 8. The number of allylic oxidation sites excluding steroid dienone is 1. The average Bonchev–Trinajstić information content (AvgIpc) is 2.74. The molecule has 1 aromatic carbocycles. The van der Waals surface area contributed by atoms with Crippen LogP contribution in [0.3, 0.4) is 0 Å². The number of nitrogens with two attached hydrogens (primary N) is 1. The molecule has 1 fully saturated rings. The lowest BCUT2D eigenvalue weighted by Crippen LogP contribution is -2.52.